The molecule has 0 unspecified atom stereocenters. The van der Waals surface area contributed by atoms with Gasteiger partial charge < -0.3 is 21.1 Å². The predicted octanol–water partition coefficient (Wildman–Crippen LogP) is 1.12. The van der Waals surface area contributed by atoms with E-state index < -0.39 is 17.6 Å². The van der Waals surface area contributed by atoms with Gasteiger partial charge in [-0.15, -0.1) is 0 Å². The maximum Gasteiger partial charge on any atom is 0.407 e. The Hall–Kier alpha value is -2.31. The van der Waals surface area contributed by atoms with Crippen LogP contribution in [0, 0.1) is 0 Å². The number of carbonyl (C=O) groups excluding carboxylic acids is 2. The summed E-state index contributed by atoms with van der Waals surface area (Å²) in [4.78, 5) is 26.6. The zero-order valence-corrected chi connectivity index (χ0v) is 11.9. The van der Waals surface area contributed by atoms with E-state index in [-0.39, 0.29) is 0 Å². The molecule has 0 aromatic carbocycles. The number of nitrogens with zero attached hydrogens (tertiary/aromatic N) is 1. The molecule has 20 heavy (non-hydrogen) atoms. The van der Waals surface area contributed by atoms with Gasteiger partial charge in [-0.3, -0.25) is 4.79 Å². The summed E-state index contributed by atoms with van der Waals surface area (Å²) in [5, 5.41) is 5.52. The minimum atomic E-state index is -0.555. The highest BCUT2D eigenvalue weighted by Crippen LogP contribution is 2.09. The third kappa shape index (κ3) is 5.55. The summed E-state index contributed by atoms with van der Waals surface area (Å²) in [5.74, 6) is -0.160. The third-order valence-corrected chi connectivity index (χ3v) is 2.16. The van der Waals surface area contributed by atoms with Gasteiger partial charge in [0, 0.05) is 19.3 Å². The molecule has 1 aromatic rings. The SMILES string of the molecule is CC(C)(C)OC(=O)NCCNc1ncccc1C(N)=O. The van der Waals surface area contributed by atoms with E-state index in [4.69, 9.17) is 10.5 Å². The molecule has 0 aliphatic rings. The van der Waals surface area contributed by atoms with Crippen LogP contribution in [0.2, 0.25) is 0 Å². The summed E-state index contributed by atoms with van der Waals surface area (Å²) in [6, 6.07) is 3.21. The van der Waals surface area contributed by atoms with Crippen LogP contribution in [0.5, 0.6) is 0 Å². The van der Waals surface area contributed by atoms with E-state index in [0.29, 0.717) is 24.5 Å². The fraction of sp³-hybridized carbons (Fsp3) is 0.462. The number of pyridine rings is 1. The van der Waals surface area contributed by atoms with Gasteiger partial charge in [-0.05, 0) is 32.9 Å². The van der Waals surface area contributed by atoms with Gasteiger partial charge in [0.25, 0.3) is 5.91 Å². The van der Waals surface area contributed by atoms with Crippen molar-refractivity contribution >= 4 is 17.8 Å². The number of carbonyl (C=O) groups is 2. The predicted molar refractivity (Wildman–Crippen MR) is 75.5 cm³/mol. The summed E-state index contributed by atoms with van der Waals surface area (Å²) >= 11 is 0. The van der Waals surface area contributed by atoms with Crippen molar-refractivity contribution in [3.05, 3.63) is 23.9 Å². The molecule has 0 aliphatic carbocycles. The van der Waals surface area contributed by atoms with Crippen molar-refractivity contribution in [1.29, 1.82) is 0 Å². The molecule has 7 nitrogen and oxygen atoms in total. The number of hydrogen-bond donors (Lipinski definition) is 3. The molecule has 0 spiro atoms. The average Bonchev–Trinajstić information content (AvgIpc) is 2.33. The summed E-state index contributed by atoms with van der Waals surface area (Å²) in [6.45, 7) is 6.10. The standard InChI is InChI=1S/C13H20N4O3/c1-13(2,3)20-12(19)17-8-7-16-11-9(10(14)18)5-4-6-15-11/h4-6H,7-8H2,1-3H3,(H2,14,18)(H,15,16)(H,17,19). The van der Waals surface area contributed by atoms with Crippen LogP contribution in [0.1, 0.15) is 31.1 Å². The lowest BCUT2D eigenvalue weighted by atomic mass is 10.2. The van der Waals surface area contributed by atoms with Gasteiger partial charge in [-0.1, -0.05) is 0 Å². The van der Waals surface area contributed by atoms with Crippen LogP contribution in [0.15, 0.2) is 18.3 Å². The van der Waals surface area contributed by atoms with Crippen molar-refractivity contribution in [3.63, 3.8) is 0 Å². The number of rotatable bonds is 5. The molecular formula is C13H20N4O3. The first-order valence-corrected chi connectivity index (χ1v) is 6.25. The monoisotopic (exact) mass is 280 g/mol. The number of ether oxygens (including phenoxy) is 1. The van der Waals surface area contributed by atoms with Gasteiger partial charge in [-0.2, -0.15) is 0 Å². The fourth-order valence-corrected chi connectivity index (χ4v) is 1.40. The molecule has 7 heteroatoms. The van der Waals surface area contributed by atoms with E-state index in [9.17, 15) is 9.59 Å². The Bertz CT molecular complexity index is 483. The van der Waals surface area contributed by atoms with Crippen molar-refractivity contribution in [3.8, 4) is 0 Å². The molecule has 0 aliphatic heterocycles. The Morgan fingerprint density at radius 1 is 1.35 bits per heavy atom. The second kappa shape index (κ2) is 6.74. The van der Waals surface area contributed by atoms with Gasteiger partial charge in [0.1, 0.15) is 11.4 Å². The second-order valence-electron chi connectivity index (χ2n) is 5.12. The van der Waals surface area contributed by atoms with Crippen molar-refractivity contribution in [1.82, 2.24) is 10.3 Å². The Labute approximate surface area is 117 Å². The number of alkyl carbamates (subject to hydrolysis) is 1. The van der Waals surface area contributed by atoms with Crippen molar-refractivity contribution in [2.24, 2.45) is 5.73 Å². The molecule has 1 rings (SSSR count). The molecule has 1 aromatic heterocycles. The Morgan fingerprint density at radius 2 is 2.05 bits per heavy atom. The van der Waals surface area contributed by atoms with Gasteiger partial charge in [-0.25, -0.2) is 9.78 Å². The first-order valence-electron chi connectivity index (χ1n) is 6.25. The number of nitrogens with one attached hydrogen (secondary N) is 2. The number of nitrogens with two attached hydrogens (primary N) is 1. The van der Waals surface area contributed by atoms with Gasteiger partial charge in [0.15, 0.2) is 0 Å². The molecule has 0 atom stereocenters. The Kier molecular flexibility index (Phi) is 5.31. The highest BCUT2D eigenvalue weighted by molar-refractivity contribution is 5.97. The normalized spacial score (nSPS) is 10.8. The number of hydrogen-bond acceptors (Lipinski definition) is 5. The molecule has 4 N–H and O–H groups in total. The minimum Gasteiger partial charge on any atom is -0.444 e. The van der Waals surface area contributed by atoms with Crippen molar-refractivity contribution < 1.29 is 14.3 Å². The quantitative estimate of drug-likeness (QED) is 0.701. The third-order valence-electron chi connectivity index (χ3n) is 2.16. The van der Waals surface area contributed by atoms with E-state index in [1.807, 2.05) is 0 Å². The highest BCUT2D eigenvalue weighted by atomic mass is 16.6. The summed E-state index contributed by atoms with van der Waals surface area (Å²) < 4.78 is 5.08. The van der Waals surface area contributed by atoms with Crippen LogP contribution in [0.4, 0.5) is 10.6 Å². The first-order chi connectivity index (χ1) is 9.29. The van der Waals surface area contributed by atoms with Gasteiger partial charge in [0.05, 0.1) is 5.56 Å². The van der Waals surface area contributed by atoms with Crippen LogP contribution in [-0.2, 0) is 4.74 Å². The zero-order chi connectivity index (χ0) is 15.2. The minimum absolute atomic E-state index is 0.310. The summed E-state index contributed by atoms with van der Waals surface area (Å²) in [5.41, 5.74) is 5.01. The lowest BCUT2D eigenvalue weighted by molar-refractivity contribution is 0.0530. The Morgan fingerprint density at radius 3 is 2.65 bits per heavy atom. The van der Waals surface area contributed by atoms with Crippen LogP contribution in [0.3, 0.4) is 0 Å². The van der Waals surface area contributed by atoms with E-state index in [2.05, 4.69) is 15.6 Å². The molecule has 0 fully saturated rings. The van der Waals surface area contributed by atoms with E-state index in [1.165, 1.54) is 0 Å². The lowest BCUT2D eigenvalue weighted by Gasteiger charge is -2.19. The number of amides is 2. The molecule has 0 saturated carbocycles. The molecule has 2 amide bonds. The molecule has 1 heterocycles. The zero-order valence-electron chi connectivity index (χ0n) is 11.9. The number of primary amides is 1. The molecular weight excluding hydrogens is 260 g/mol. The summed E-state index contributed by atoms with van der Waals surface area (Å²) in [7, 11) is 0. The van der Waals surface area contributed by atoms with Crippen LogP contribution >= 0.6 is 0 Å². The fourth-order valence-electron chi connectivity index (χ4n) is 1.40. The van der Waals surface area contributed by atoms with Crippen LogP contribution in [-0.4, -0.2) is 35.7 Å². The summed E-state index contributed by atoms with van der Waals surface area (Å²) in [6.07, 6.45) is 1.06. The topological polar surface area (TPSA) is 106 Å². The number of aromatic nitrogens is 1. The van der Waals surface area contributed by atoms with E-state index in [0.717, 1.165) is 0 Å². The number of anilines is 1. The van der Waals surface area contributed by atoms with Gasteiger partial charge >= 0.3 is 6.09 Å². The molecule has 110 valence electrons. The van der Waals surface area contributed by atoms with E-state index >= 15 is 0 Å². The largest absolute Gasteiger partial charge is 0.444 e. The molecule has 0 saturated heterocycles. The second-order valence-corrected chi connectivity index (χ2v) is 5.12. The highest BCUT2D eigenvalue weighted by Gasteiger charge is 2.15. The Balaban J connectivity index is 2.39. The van der Waals surface area contributed by atoms with Crippen LogP contribution < -0.4 is 16.4 Å². The van der Waals surface area contributed by atoms with Crippen molar-refractivity contribution in [2.75, 3.05) is 18.4 Å². The average molecular weight is 280 g/mol. The molecule has 0 radical (unpaired) electrons. The first kappa shape index (κ1) is 15.7. The lowest BCUT2D eigenvalue weighted by Crippen LogP contribution is -2.35. The maximum absolute atomic E-state index is 11.4. The van der Waals surface area contributed by atoms with Crippen molar-refractivity contribution in [2.45, 2.75) is 26.4 Å². The maximum atomic E-state index is 11.4. The molecule has 0 bridgehead atoms. The smallest absolute Gasteiger partial charge is 0.407 e. The van der Waals surface area contributed by atoms with E-state index in [1.54, 1.807) is 39.1 Å². The van der Waals surface area contributed by atoms with Crippen LogP contribution in [0.25, 0.3) is 0 Å². The van der Waals surface area contributed by atoms with Gasteiger partial charge in [0.2, 0.25) is 0 Å².